The molecule has 1 heterocycles. The van der Waals surface area contributed by atoms with Crippen LogP contribution in [0, 0.1) is 11.6 Å². The van der Waals surface area contributed by atoms with Crippen LogP contribution in [0.25, 0.3) is 0 Å². The Bertz CT molecular complexity index is 964. The molecular weight excluding hydrogens is 392 g/mol. The van der Waals surface area contributed by atoms with Crippen molar-refractivity contribution in [1.82, 2.24) is 15.1 Å². The molecule has 0 radical (unpaired) electrons. The van der Waals surface area contributed by atoms with Crippen LogP contribution in [0.15, 0.2) is 48.5 Å². The molecule has 8 heteroatoms. The molecule has 30 heavy (non-hydrogen) atoms. The third kappa shape index (κ3) is 4.03. The van der Waals surface area contributed by atoms with Crippen LogP contribution in [0.4, 0.5) is 13.6 Å². The van der Waals surface area contributed by atoms with Gasteiger partial charge in [0, 0.05) is 13.1 Å². The quantitative estimate of drug-likeness (QED) is 0.707. The first-order valence-corrected chi connectivity index (χ1v) is 9.73. The fourth-order valence-electron chi connectivity index (χ4n) is 3.61. The third-order valence-electron chi connectivity index (χ3n) is 5.33. The zero-order chi connectivity index (χ0) is 21.9. The number of benzene rings is 2. The maximum absolute atomic E-state index is 13.4. The number of imide groups is 1. The lowest BCUT2D eigenvalue weighted by Crippen LogP contribution is -2.45. The summed E-state index contributed by atoms with van der Waals surface area (Å²) >= 11 is 0. The first-order chi connectivity index (χ1) is 14.3. The van der Waals surface area contributed by atoms with E-state index in [1.54, 1.807) is 26.0 Å². The van der Waals surface area contributed by atoms with E-state index >= 15 is 0 Å². The lowest BCUT2D eigenvalue weighted by molar-refractivity contribution is -0.139. The highest BCUT2D eigenvalue weighted by atomic mass is 19.1. The fourth-order valence-corrected chi connectivity index (χ4v) is 3.61. The fraction of sp³-hybridized carbons (Fsp3) is 0.318. The van der Waals surface area contributed by atoms with Gasteiger partial charge in [-0.25, -0.2) is 13.6 Å². The van der Waals surface area contributed by atoms with Gasteiger partial charge in [0.15, 0.2) is 0 Å². The summed E-state index contributed by atoms with van der Waals surface area (Å²) in [6, 6.07) is 10.6. The maximum atomic E-state index is 13.4. The lowest BCUT2D eigenvalue weighted by Gasteiger charge is -2.26. The molecule has 0 bridgehead atoms. The molecule has 1 N–H and O–H groups in total. The number of nitrogens with one attached hydrogen (secondary N) is 1. The predicted molar refractivity (Wildman–Crippen MR) is 106 cm³/mol. The van der Waals surface area contributed by atoms with Crippen molar-refractivity contribution in [2.75, 3.05) is 13.1 Å². The Kier molecular flexibility index (Phi) is 6.14. The highest BCUT2D eigenvalue weighted by molar-refractivity contribution is 6.09. The van der Waals surface area contributed by atoms with Crippen molar-refractivity contribution in [1.29, 1.82) is 0 Å². The largest absolute Gasteiger partial charge is 0.337 e. The van der Waals surface area contributed by atoms with E-state index in [1.165, 1.54) is 41.3 Å². The van der Waals surface area contributed by atoms with E-state index in [1.807, 2.05) is 0 Å². The van der Waals surface area contributed by atoms with E-state index in [-0.39, 0.29) is 13.0 Å². The predicted octanol–water partition coefficient (Wildman–Crippen LogP) is 3.17. The number of carbonyl (C=O) groups excluding carboxylic acids is 3. The van der Waals surface area contributed by atoms with Crippen molar-refractivity contribution < 1.29 is 23.2 Å². The Labute approximate surface area is 173 Å². The minimum Gasteiger partial charge on any atom is -0.337 e. The number of hydrogen-bond donors (Lipinski definition) is 1. The van der Waals surface area contributed by atoms with Gasteiger partial charge in [-0.15, -0.1) is 0 Å². The molecule has 3 rings (SSSR count). The minimum atomic E-state index is -1.34. The van der Waals surface area contributed by atoms with Crippen molar-refractivity contribution in [2.45, 2.75) is 32.4 Å². The van der Waals surface area contributed by atoms with E-state index in [4.69, 9.17) is 0 Å². The summed E-state index contributed by atoms with van der Waals surface area (Å²) in [5.41, 5.74) is -0.284. The average Bonchev–Trinajstić information content (AvgIpc) is 2.97. The normalized spacial score (nSPS) is 18.5. The molecule has 1 aliphatic rings. The smallest absolute Gasteiger partial charge is 0.325 e. The van der Waals surface area contributed by atoms with Crippen molar-refractivity contribution in [2.24, 2.45) is 0 Å². The van der Waals surface area contributed by atoms with Crippen LogP contribution in [-0.2, 0) is 21.7 Å². The summed E-state index contributed by atoms with van der Waals surface area (Å²) in [7, 11) is 0. The molecule has 2 aromatic rings. The van der Waals surface area contributed by atoms with Crippen molar-refractivity contribution in [3.63, 3.8) is 0 Å². The van der Waals surface area contributed by atoms with Crippen LogP contribution in [-0.4, -0.2) is 40.7 Å². The molecule has 0 spiro atoms. The van der Waals surface area contributed by atoms with E-state index < -0.39 is 41.6 Å². The van der Waals surface area contributed by atoms with Crippen LogP contribution < -0.4 is 5.32 Å². The van der Waals surface area contributed by atoms with Gasteiger partial charge in [0.2, 0.25) is 5.91 Å². The van der Waals surface area contributed by atoms with Gasteiger partial charge >= 0.3 is 6.03 Å². The van der Waals surface area contributed by atoms with Gasteiger partial charge in [0.25, 0.3) is 5.91 Å². The Morgan fingerprint density at radius 2 is 1.77 bits per heavy atom. The van der Waals surface area contributed by atoms with Gasteiger partial charge in [-0.3, -0.25) is 14.5 Å². The summed E-state index contributed by atoms with van der Waals surface area (Å²) in [6.45, 7) is 3.55. The molecular formula is C22H23F2N3O3. The minimum absolute atomic E-state index is 0.160. The van der Waals surface area contributed by atoms with Gasteiger partial charge in [-0.05, 0) is 48.7 Å². The first-order valence-electron chi connectivity index (χ1n) is 9.73. The standard InChI is InChI=1S/C22H23F2N3O3/c1-3-22(16-8-10-17(23)11-9-16)20(29)27(21(30)25-22)14-19(28)26(4-2)13-15-6-5-7-18(24)12-15/h5-12H,3-4,13-14H2,1-2H3,(H,25,30)/t22-/m0/s1. The molecule has 1 atom stereocenters. The number of urea groups is 1. The second-order valence-electron chi connectivity index (χ2n) is 7.13. The van der Waals surface area contributed by atoms with E-state index in [9.17, 15) is 23.2 Å². The first kappa shape index (κ1) is 21.4. The summed E-state index contributed by atoms with van der Waals surface area (Å²) in [6.07, 6.45) is 0.245. The monoisotopic (exact) mass is 415 g/mol. The zero-order valence-electron chi connectivity index (χ0n) is 16.8. The number of amides is 4. The van der Waals surface area contributed by atoms with Crippen LogP contribution in [0.1, 0.15) is 31.4 Å². The highest BCUT2D eigenvalue weighted by Gasteiger charge is 2.51. The molecule has 0 aliphatic carbocycles. The molecule has 0 unspecified atom stereocenters. The molecule has 2 aromatic carbocycles. The van der Waals surface area contributed by atoms with E-state index in [2.05, 4.69) is 5.32 Å². The summed E-state index contributed by atoms with van der Waals surface area (Å²) in [5.74, 6) is -1.85. The van der Waals surface area contributed by atoms with Crippen molar-refractivity contribution >= 4 is 17.8 Å². The van der Waals surface area contributed by atoms with Gasteiger partial charge in [-0.2, -0.15) is 0 Å². The van der Waals surface area contributed by atoms with Crippen LogP contribution in [0.5, 0.6) is 0 Å². The lowest BCUT2D eigenvalue weighted by atomic mass is 9.87. The van der Waals surface area contributed by atoms with Crippen LogP contribution in [0.3, 0.4) is 0 Å². The number of nitrogens with zero attached hydrogens (tertiary/aromatic N) is 2. The zero-order valence-corrected chi connectivity index (χ0v) is 16.8. The Hall–Kier alpha value is -3.29. The average molecular weight is 415 g/mol. The second kappa shape index (κ2) is 8.61. The molecule has 0 aromatic heterocycles. The van der Waals surface area contributed by atoms with Gasteiger partial charge in [-0.1, -0.05) is 31.2 Å². The molecule has 158 valence electrons. The SMILES string of the molecule is CCN(Cc1cccc(F)c1)C(=O)CN1C(=O)N[C@@](CC)(c2ccc(F)cc2)C1=O. The third-order valence-corrected chi connectivity index (χ3v) is 5.33. The Balaban J connectivity index is 1.78. The molecule has 6 nitrogen and oxygen atoms in total. The number of halogens is 2. The Morgan fingerprint density at radius 1 is 1.07 bits per heavy atom. The molecule has 0 saturated carbocycles. The summed E-state index contributed by atoms with van der Waals surface area (Å²) in [5, 5.41) is 2.67. The van der Waals surface area contributed by atoms with Crippen molar-refractivity contribution in [3.8, 4) is 0 Å². The van der Waals surface area contributed by atoms with Crippen LogP contribution >= 0.6 is 0 Å². The van der Waals surface area contributed by atoms with E-state index in [0.29, 0.717) is 17.7 Å². The van der Waals surface area contributed by atoms with Gasteiger partial charge in [0.05, 0.1) is 0 Å². The number of carbonyl (C=O) groups is 3. The van der Waals surface area contributed by atoms with Crippen LogP contribution in [0.2, 0.25) is 0 Å². The molecule has 1 saturated heterocycles. The van der Waals surface area contributed by atoms with E-state index in [0.717, 1.165) is 4.90 Å². The summed E-state index contributed by atoms with van der Waals surface area (Å²) in [4.78, 5) is 40.8. The topological polar surface area (TPSA) is 69.7 Å². The second-order valence-corrected chi connectivity index (χ2v) is 7.13. The molecule has 1 aliphatic heterocycles. The Morgan fingerprint density at radius 3 is 2.37 bits per heavy atom. The molecule has 4 amide bonds. The number of hydrogen-bond acceptors (Lipinski definition) is 3. The highest BCUT2D eigenvalue weighted by Crippen LogP contribution is 2.32. The van der Waals surface area contributed by atoms with Crippen molar-refractivity contribution in [3.05, 3.63) is 71.3 Å². The number of likely N-dealkylation sites (N-methyl/N-ethyl adjacent to an activating group) is 1. The number of rotatable bonds is 7. The summed E-state index contributed by atoms with van der Waals surface area (Å²) < 4.78 is 26.7. The van der Waals surface area contributed by atoms with Gasteiger partial charge in [0.1, 0.15) is 23.7 Å². The van der Waals surface area contributed by atoms with Gasteiger partial charge < -0.3 is 10.2 Å². The molecule has 1 fully saturated rings. The maximum Gasteiger partial charge on any atom is 0.325 e.